The third-order valence-electron chi connectivity index (χ3n) is 2.15. The van der Waals surface area contributed by atoms with Crippen molar-refractivity contribution >= 4 is 5.91 Å². The second kappa shape index (κ2) is 6.08. The van der Waals surface area contributed by atoms with Gasteiger partial charge in [0.1, 0.15) is 0 Å². The molecule has 4 nitrogen and oxygen atoms in total. The molecule has 0 bridgehead atoms. The molecule has 1 amide bonds. The second-order valence-electron chi connectivity index (χ2n) is 4.82. The van der Waals surface area contributed by atoms with E-state index < -0.39 is 5.54 Å². The summed E-state index contributed by atoms with van der Waals surface area (Å²) in [6.07, 6.45) is 0.968. The lowest BCUT2D eigenvalue weighted by Gasteiger charge is -2.30. The van der Waals surface area contributed by atoms with Gasteiger partial charge in [0.2, 0.25) is 5.91 Å². The number of nitrogens with zero attached hydrogens (tertiary/aromatic N) is 2. The van der Waals surface area contributed by atoms with Gasteiger partial charge in [0, 0.05) is 19.6 Å². The fourth-order valence-corrected chi connectivity index (χ4v) is 1.31. The number of amides is 1. The smallest absolute Gasteiger partial charge is 0.242 e. The minimum atomic E-state index is -0.762. The van der Waals surface area contributed by atoms with Crippen molar-refractivity contribution in [1.82, 2.24) is 9.80 Å². The van der Waals surface area contributed by atoms with Gasteiger partial charge < -0.3 is 15.5 Å². The van der Waals surface area contributed by atoms with E-state index in [4.69, 9.17) is 5.73 Å². The third-order valence-corrected chi connectivity index (χ3v) is 2.15. The van der Waals surface area contributed by atoms with Crippen LogP contribution in [-0.2, 0) is 4.79 Å². The molecule has 0 unspecified atom stereocenters. The SMILES string of the molecule is CCCN(CCN(C)C)C(=O)C(C)(C)N. The first-order valence-electron chi connectivity index (χ1n) is 5.52. The van der Waals surface area contributed by atoms with E-state index in [0.717, 1.165) is 26.1 Å². The van der Waals surface area contributed by atoms with Crippen LogP contribution in [0.5, 0.6) is 0 Å². The lowest BCUT2D eigenvalue weighted by molar-refractivity contribution is -0.136. The Morgan fingerprint density at radius 2 is 1.73 bits per heavy atom. The van der Waals surface area contributed by atoms with Crippen molar-refractivity contribution in [3.8, 4) is 0 Å². The van der Waals surface area contributed by atoms with E-state index in [0.29, 0.717) is 0 Å². The van der Waals surface area contributed by atoms with Gasteiger partial charge in [0.05, 0.1) is 5.54 Å². The highest BCUT2D eigenvalue weighted by Gasteiger charge is 2.26. The van der Waals surface area contributed by atoms with E-state index in [2.05, 4.69) is 11.8 Å². The lowest BCUT2D eigenvalue weighted by Crippen LogP contribution is -2.52. The maximum Gasteiger partial charge on any atom is 0.242 e. The van der Waals surface area contributed by atoms with Gasteiger partial charge in [-0.3, -0.25) is 4.79 Å². The standard InChI is InChI=1S/C11H25N3O/c1-6-7-14(9-8-13(4)5)10(15)11(2,3)12/h6-9,12H2,1-5H3. The first-order valence-corrected chi connectivity index (χ1v) is 5.52. The van der Waals surface area contributed by atoms with E-state index in [9.17, 15) is 4.79 Å². The summed E-state index contributed by atoms with van der Waals surface area (Å²) in [6.45, 7) is 8.00. The molecule has 0 rings (SSSR count). The van der Waals surface area contributed by atoms with Crippen molar-refractivity contribution < 1.29 is 4.79 Å². The fourth-order valence-electron chi connectivity index (χ4n) is 1.31. The number of hydrogen-bond donors (Lipinski definition) is 1. The van der Waals surface area contributed by atoms with E-state index in [1.165, 1.54) is 0 Å². The van der Waals surface area contributed by atoms with Crippen LogP contribution in [0.15, 0.2) is 0 Å². The zero-order valence-electron chi connectivity index (χ0n) is 10.7. The fraction of sp³-hybridized carbons (Fsp3) is 0.909. The second-order valence-corrected chi connectivity index (χ2v) is 4.82. The number of rotatable bonds is 6. The topological polar surface area (TPSA) is 49.6 Å². The van der Waals surface area contributed by atoms with E-state index in [1.807, 2.05) is 19.0 Å². The summed E-state index contributed by atoms with van der Waals surface area (Å²) in [7, 11) is 4.00. The largest absolute Gasteiger partial charge is 0.340 e. The monoisotopic (exact) mass is 215 g/mol. The molecule has 0 aromatic heterocycles. The summed E-state index contributed by atoms with van der Waals surface area (Å²) < 4.78 is 0. The Labute approximate surface area is 93.4 Å². The van der Waals surface area contributed by atoms with Crippen LogP contribution in [0, 0.1) is 0 Å². The maximum atomic E-state index is 11.9. The summed E-state index contributed by atoms with van der Waals surface area (Å²) in [4.78, 5) is 15.9. The lowest BCUT2D eigenvalue weighted by atomic mass is 10.1. The quantitative estimate of drug-likeness (QED) is 0.703. The van der Waals surface area contributed by atoms with Gasteiger partial charge in [-0.15, -0.1) is 0 Å². The predicted molar refractivity (Wildman–Crippen MR) is 63.7 cm³/mol. The Morgan fingerprint density at radius 1 is 1.20 bits per heavy atom. The third kappa shape index (κ3) is 5.74. The molecule has 0 aliphatic heterocycles. The van der Waals surface area contributed by atoms with Crippen LogP contribution in [-0.4, -0.2) is 55.0 Å². The summed E-state index contributed by atoms with van der Waals surface area (Å²) in [5.41, 5.74) is 5.05. The van der Waals surface area contributed by atoms with Gasteiger partial charge in [0.15, 0.2) is 0 Å². The molecule has 0 saturated heterocycles. The highest BCUT2D eigenvalue weighted by Crippen LogP contribution is 2.05. The molecule has 0 aliphatic carbocycles. The molecule has 0 fully saturated rings. The summed E-state index contributed by atoms with van der Waals surface area (Å²) in [5, 5.41) is 0. The van der Waals surface area contributed by atoms with E-state index in [-0.39, 0.29) is 5.91 Å². The molecule has 90 valence electrons. The van der Waals surface area contributed by atoms with Crippen LogP contribution >= 0.6 is 0 Å². The Morgan fingerprint density at radius 3 is 2.07 bits per heavy atom. The molecular formula is C11H25N3O. The number of carbonyl (C=O) groups is 1. The first-order chi connectivity index (χ1) is 6.79. The number of hydrogen-bond acceptors (Lipinski definition) is 3. The summed E-state index contributed by atoms with van der Waals surface area (Å²) >= 11 is 0. The predicted octanol–water partition coefficient (Wildman–Crippen LogP) is 0.524. The van der Waals surface area contributed by atoms with Gasteiger partial charge in [-0.25, -0.2) is 0 Å². The maximum absolute atomic E-state index is 11.9. The summed E-state index contributed by atoms with van der Waals surface area (Å²) in [6, 6.07) is 0. The van der Waals surface area contributed by atoms with Gasteiger partial charge in [-0.2, -0.15) is 0 Å². The number of nitrogens with two attached hydrogens (primary N) is 1. The Hall–Kier alpha value is -0.610. The van der Waals surface area contributed by atoms with Crippen LogP contribution in [0.1, 0.15) is 27.2 Å². The molecule has 0 saturated carbocycles. The van der Waals surface area contributed by atoms with Gasteiger partial charge in [-0.1, -0.05) is 6.92 Å². The molecule has 0 aromatic rings. The highest BCUT2D eigenvalue weighted by molar-refractivity contribution is 5.85. The van der Waals surface area contributed by atoms with Crippen molar-refractivity contribution in [2.75, 3.05) is 33.7 Å². The normalized spacial score (nSPS) is 11.9. The molecule has 0 spiro atoms. The van der Waals surface area contributed by atoms with E-state index >= 15 is 0 Å². The molecule has 0 atom stereocenters. The minimum absolute atomic E-state index is 0.0335. The van der Waals surface area contributed by atoms with Crippen LogP contribution in [0.3, 0.4) is 0 Å². The highest BCUT2D eigenvalue weighted by atomic mass is 16.2. The van der Waals surface area contributed by atoms with Crippen molar-refractivity contribution in [3.63, 3.8) is 0 Å². The zero-order chi connectivity index (χ0) is 12.1. The molecule has 0 radical (unpaired) electrons. The van der Waals surface area contributed by atoms with Crippen molar-refractivity contribution in [1.29, 1.82) is 0 Å². The van der Waals surface area contributed by atoms with E-state index in [1.54, 1.807) is 13.8 Å². The minimum Gasteiger partial charge on any atom is -0.340 e. The average molecular weight is 215 g/mol. The van der Waals surface area contributed by atoms with Crippen LogP contribution in [0.25, 0.3) is 0 Å². The summed E-state index contributed by atoms with van der Waals surface area (Å²) in [5.74, 6) is 0.0335. The number of likely N-dealkylation sites (N-methyl/N-ethyl adjacent to an activating group) is 1. The Bertz CT molecular complexity index is 196. The Kier molecular flexibility index (Phi) is 5.83. The van der Waals surface area contributed by atoms with Crippen molar-refractivity contribution in [3.05, 3.63) is 0 Å². The van der Waals surface area contributed by atoms with Crippen molar-refractivity contribution in [2.45, 2.75) is 32.7 Å². The van der Waals surface area contributed by atoms with Gasteiger partial charge in [0.25, 0.3) is 0 Å². The average Bonchev–Trinajstić information content (AvgIpc) is 2.09. The number of carbonyl (C=O) groups excluding carboxylic acids is 1. The molecule has 2 N–H and O–H groups in total. The first kappa shape index (κ1) is 14.4. The van der Waals surface area contributed by atoms with Gasteiger partial charge in [-0.05, 0) is 34.4 Å². The van der Waals surface area contributed by atoms with Crippen LogP contribution < -0.4 is 5.73 Å². The van der Waals surface area contributed by atoms with Crippen LogP contribution in [0.2, 0.25) is 0 Å². The molecule has 0 heterocycles. The zero-order valence-corrected chi connectivity index (χ0v) is 10.7. The molecule has 0 aliphatic rings. The molecule has 0 aromatic carbocycles. The molecule has 15 heavy (non-hydrogen) atoms. The Balaban J connectivity index is 4.32. The van der Waals surface area contributed by atoms with Crippen molar-refractivity contribution in [2.24, 2.45) is 5.73 Å². The van der Waals surface area contributed by atoms with Crippen LogP contribution in [0.4, 0.5) is 0 Å². The molecular weight excluding hydrogens is 190 g/mol. The van der Waals surface area contributed by atoms with Gasteiger partial charge >= 0.3 is 0 Å². The molecule has 4 heteroatoms.